The van der Waals surface area contributed by atoms with Gasteiger partial charge in [0.25, 0.3) is 0 Å². The molecule has 2 aliphatic rings. The minimum absolute atomic E-state index is 0.0764. The van der Waals surface area contributed by atoms with Crippen LogP contribution in [0.4, 0.5) is 0 Å². The first kappa shape index (κ1) is 12.3. The Kier molecular flexibility index (Phi) is 3.96. The lowest BCUT2D eigenvalue weighted by Gasteiger charge is -2.31. The molecule has 6 heteroatoms. The molecule has 0 bridgehead atoms. The quantitative estimate of drug-likeness (QED) is 0.651. The fourth-order valence-electron chi connectivity index (χ4n) is 2.26. The molecule has 0 aliphatic carbocycles. The van der Waals surface area contributed by atoms with Gasteiger partial charge >= 0.3 is 5.97 Å². The van der Waals surface area contributed by atoms with Crippen LogP contribution in [0.15, 0.2) is 0 Å². The SMILES string of the molecule is O=C(O)CN1CCCN(C(=O)C2CNC2)CC1. The summed E-state index contributed by atoms with van der Waals surface area (Å²) in [6, 6.07) is 0. The van der Waals surface area contributed by atoms with E-state index in [4.69, 9.17) is 5.11 Å². The van der Waals surface area contributed by atoms with E-state index < -0.39 is 5.97 Å². The number of carbonyl (C=O) groups is 2. The van der Waals surface area contributed by atoms with Gasteiger partial charge in [-0.05, 0) is 6.42 Å². The molecule has 2 N–H and O–H groups in total. The zero-order chi connectivity index (χ0) is 12.3. The van der Waals surface area contributed by atoms with Crippen LogP contribution in [0.1, 0.15) is 6.42 Å². The van der Waals surface area contributed by atoms with Gasteiger partial charge in [0.05, 0.1) is 12.5 Å². The van der Waals surface area contributed by atoms with Crippen molar-refractivity contribution in [2.75, 3.05) is 45.8 Å². The van der Waals surface area contributed by atoms with Crippen molar-refractivity contribution in [1.82, 2.24) is 15.1 Å². The maximum absolute atomic E-state index is 12.0. The van der Waals surface area contributed by atoms with Crippen molar-refractivity contribution < 1.29 is 14.7 Å². The highest BCUT2D eigenvalue weighted by molar-refractivity contribution is 5.80. The summed E-state index contributed by atoms with van der Waals surface area (Å²) in [6.07, 6.45) is 0.860. The Bertz CT molecular complexity index is 304. The lowest BCUT2D eigenvalue weighted by Crippen LogP contribution is -2.52. The predicted molar refractivity (Wildman–Crippen MR) is 61.6 cm³/mol. The Morgan fingerprint density at radius 2 is 1.94 bits per heavy atom. The number of carboxylic acids is 1. The molecular formula is C11H19N3O3. The number of nitrogens with one attached hydrogen (secondary N) is 1. The second kappa shape index (κ2) is 5.46. The Labute approximate surface area is 101 Å². The van der Waals surface area contributed by atoms with Crippen molar-refractivity contribution in [2.24, 2.45) is 5.92 Å². The van der Waals surface area contributed by atoms with E-state index in [9.17, 15) is 9.59 Å². The Morgan fingerprint density at radius 1 is 1.18 bits per heavy atom. The second-order valence-corrected chi connectivity index (χ2v) is 4.70. The van der Waals surface area contributed by atoms with Crippen molar-refractivity contribution in [1.29, 1.82) is 0 Å². The first-order chi connectivity index (χ1) is 8.16. The molecule has 0 unspecified atom stereocenters. The summed E-state index contributed by atoms with van der Waals surface area (Å²) in [6.45, 7) is 4.49. The van der Waals surface area contributed by atoms with Crippen molar-refractivity contribution in [3.63, 3.8) is 0 Å². The second-order valence-electron chi connectivity index (χ2n) is 4.70. The molecule has 0 aromatic heterocycles. The molecule has 2 rings (SSSR count). The minimum atomic E-state index is -0.798. The predicted octanol–water partition coefficient (Wildman–Crippen LogP) is -1.18. The third-order valence-corrected chi connectivity index (χ3v) is 3.39. The Morgan fingerprint density at radius 3 is 2.53 bits per heavy atom. The first-order valence-corrected chi connectivity index (χ1v) is 6.10. The molecule has 6 nitrogen and oxygen atoms in total. The molecule has 1 amide bonds. The highest BCUT2D eigenvalue weighted by Crippen LogP contribution is 2.11. The van der Waals surface area contributed by atoms with Gasteiger partial charge in [0, 0.05) is 39.3 Å². The molecule has 2 fully saturated rings. The van der Waals surface area contributed by atoms with E-state index in [1.165, 1.54) is 0 Å². The molecule has 0 aromatic rings. The van der Waals surface area contributed by atoms with Crippen LogP contribution in [0.2, 0.25) is 0 Å². The lowest BCUT2D eigenvalue weighted by molar-refractivity contribution is -0.138. The van der Waals surface area contributed by atoms with Crippen LogP contribution in [0, 0.1) is 5.92 Å². The molecule has 0 aromatic carbocycles. The maximum Gasteiger partial charge on any atom is 0.317 e. The van der Waals surface area contributed by atoms with Crippen molar-refractivity contribution in [3.05, 3.63) is 0 Å². The smallest absolute Gasteiger partial charge is 0.317 e. The van der Waals surface area contributed by atoms with Crippen molar-refractivity contribution >= 4 is 11.9 Å². The lowest BCUT2D eigenvalue weighted by atomic mass is 10.0. The summed E-state index contributed by atoms with van der Waals surface area (Å²) in [7, 11) is 0. The number of hydrogen-bond donors (Lipinski definition) is 2. The van der Waals surface area contributed by atoms with Gasteiger partial charge in [-0.15, -0.1) is 0 Å². The zero-order valence-corrected chi connectivity index (χ0v) is 9.89. The van der Waals surface area contributed by atoms with E-state index in [1.807, 2.05) is 9.80 Å². The number of carboxylic acid groups (broad SMARTS) is 1. The highest BCUT2D eigenvalue weighted by Gasteiger charge is 2.30. The van der Waals surface area contributed by atoms with Gasteiger partial charge in [0.1, 0.15) is 0 Å². The highest BCUT2D eigenvalue weighted by atomic mass is 16.4. The molecule has 0 atom stereocenters. The van der Waals surface area contributed by atoms with Gasteiger partial charge in [0.15, 0.2) is 0 Å². The van der Waals surface area contributed by atoms with Crippen molar-refractivity contribution in [2.45, 2.75) is 6.42 Å². The average molecular weight is 241 g/mol. The van der Waals surface area contributed by atoms with E-state index in [2.05, 4.69) is 5.32 Å². The molecular weight excluding hydrogens is 222 g/mol. The van der Waals surface area contributed by atoms with E-state index in [-0.39, 0.29) is 18.4 Å². The van der Waals surface area contributed by atoms with Gasteiger partial charge in [-0.1, -0.05) is 0 Å². The van der Waals surface area contributed by atoms with Crippen molar-refractivity contribution in [3.8, 4) is 0 Å². The largest absolute Gasteiger partial charge is 0.480 e. The van der Waals surface area contributed by atoms with Gasteiger partial charge < -0.3 is 15.3 Å². The van der Waals surface area contributed by atoms with E-state index in [1.54, 1.807) is 0 Å². The molecule has 0 saturated carbocycles. The molecule has 0 spiro atoms. The third-order valence-electron chi connectivity index (χ3n) is 3.39. The van der Waals surface area contributed by atoms with E-state index in [0.717, 1.165) is 32.6 Å². The van der Waals surface area contributed by atoms with Crippen LogP contribution >= 0.6 is 0 Å². The van der Waals surface area contributed by atoms with Gasteiger partial charge in [-0.2, -0.15) is 0 Å². The zero-order valence-electron chi connectivity index (χ0n) is 9.89. The number of hydrogen-bond acceptors (Lipinski definition) is 4. The molecule has 17 heavy (non-hydrogen) atoms. The molecule has 0 radical (unpaired) electrons. The van der Waals surface area contributed by atoms with Crippen LogP contribution < -0.4 is 5.32 Å². The van der Waals surface area contributed by atoms with Crippen LogP contribution in [-0.2, 0) is 9.59 Å². The fraction of sp³-hybridized carbons (Fsp3) is 0.818. The van der Waals surface area contributed by atoms with Gasteiger partial charge in [0.2, 0.25) is 5.91 Å². The summed E-state index contributed by atoms with van der Waals surface area (Å²) in [5, 5.41) is 11.8. The topological polar surface area (TPSA) is 72.9 Å². The summed E-state index contributed by atoms with van der Waals surface area (Å²) in [5.41, 5.74) is 0. The monoisotopic (exact) mass is 241 g/mol. The van der Waals surface area contributed by atoms with Gasteiger partial charge in [-0.25, -0.2) is 0 Å². The Balaban J connectivity index is 1.82. The molecule has 2 saturated heterocycles. The summed E-state index contributed by atoms with van der Waals surface area (Å²) >= 11 is 0. The maximum atomic E-state index is 12.0. The number of nitrogens with zero attached hydrogens (tertiary/aromatic N) is 2. The number of aliphatic carboxylic acids is 1. The van der Waals surface area contributed by atoms with Crippen LogP contribution in [0.3, 0.4) is 0 Å². The number of amides is 1. The molecule has 96 valence electrons. The van der Waals surface area contributed by atoms with E-state index >= 15 is 0 Å². The van der Waals surface area contributed by atoms with Crippen LogP contribution in [0.5, 0.6) is 0 Å². The van der Waals surface area contributed by atoms with Crippen LogP contribution in [-0.4, -0.2) is 72.6 Å². The minimum Gasteiger partial charge on any atom is -0.480 e. The number of carbonyl (C=O) groups excluding carboxylic acids is 1. The summed E-state index contributed by atoms with van der Waals surface area (Å²) in [4.78, 5) is 26.4. The van der Waals surface area contributed by atoms with Gasteiger partial charge in [-0.3, -0.25) is 14.5 Å². The Hall–Kier alpha value is -1.14. The molecule has 2 aliphatic heterocycles. The average Bonchev–Trinajstić information content (AvgIpc) is 2.39. The standard InChI is InChI=1S/C11H19N3O3/c15-10(16)8-13-2-1-3-14(5-4-13)11(17)9-6-12-7-9/h9,12H,1-8H2,(H,15,16). The number of rotatable bonds is 3. The third kappa shape index (κ3) is 3.17. The van der Waals surface area contributed by atoms with E-state index in [0.29, 0.717) is 13.1 Å². The normalized spacial score (nSPS) is 22.9. The molecule has 2 heterocycles. The summed E-state index contributed by atoms with van der Waals surface area (Å²) in [5.74, 6) is -0.435. The van der Waals surface area contributed by atoms with Crippen LogP contribution in [0.25, 0.3) is 0 Å². The first-order valence-electron chi connectivity index (χ1n) is 6.10. The summed E-state index contributed by atoms with van der Waals surface area (Å²) < 4.78 is 0. The fourth-order valence-corrected chi connectivity index (χ4v) is 2.26.